The normalized spacial score (nSPS) is 18.4. The molecule has 0 radical (unpaired) electrons. The summed E-state index contributed by atoms with van der Waals surface area (Å²) in [5, 5.41) is 0. The Morgan fingerprint density at radius 1 is 1.32 bits per heavy atom. The molecule has 0 aliphatic carbocycles. The number of halogens is 1. The first kappa shape index (κ1) is 16.7. The Bertz CT molecular complexity index is 572. The number of nitrogens with two attached hydrogens (primary N) is 2. The lowest BCUT2D eigenvalue weighted by atomic mass is 10.2. The maximum absolute atomic E-state index is 12.0. The van der Waals surface area contributed by atoms with Crippen molar-refractivity contribution in [1.82, 2.24) is 4.90 Å². The third kappa shape index (κ3) is 4.19. The molecule has 2 rings (SSSR count). The molecule has 4 N–H and O–H groups in total. The maximum atomic E-state index is 12.0. The number of nitrogens with zero attached hydrogens (tertiary/aromatic N) is 1. The fourth-order valence-corrected chi connectivity index (χ4v) is 2.63. The van der Waals surface area contributed by atoms with Crippen LogP contribution in [0.5, 0.6) is 5.75 Å². The molecule has 1 aromatic rings. The van der Waals surface area contributed by atoms with E-state index >= 15 is 0 Å². The third-order valence-corrected chi connectivity index (χ3v) is 3.85. The molecule has 7 heteroatoms. The fourth-order valence-electron chi connectivity index (χ4n) is 2.17. The minimum atomic E-state index is -0.496. The molecule has 0 spiro atoms. The highest BCUT2D eigenvalue weighted by atomic mass is 79.9. The van der Waals surface area contributed by atoms with Crippen molar-refractivity contribution >= 4 is 33.4 Å². The highest BCUT2D eigenvalue weighted by molar-refractivity contribution is 9.10. The molecule has 1 atom stereocenters. The number of ether oxygens (including phenoxy) is 2. The predicted octanol–water partition coefficient (Wildman–Crippen LogP) is 3.00. The number of hydrogen-bond acceptors (Lipinski definition) is 5. The zero-order valence-electron chi connectivity index (χ0n) is 13.1. The Kier molecular flexibility index (Phi) is 4.75. The average Bonchev–Trinajstić information content (AvgIpc) is 2.82. The lowest BCUT2D eigenvalue weighted by Crippen LogP contribution is -2.36. The SMILES string of the molecule is CC(C)(C)OC(=O)N1CCC(Oc2cc(N)c(N)cc2Br)C1. The number of likely N-dealkylation sites (tertiary alicyclic amines) is 1. The smallest absolute Gasteiger partial charge is 0.410 e. The van der Waals surface area contributed by atoms with Crippen LogP contribution in [0.2, 0.25) is 0 Å². The molecular formula is C15H22BrN3O3. The van der Waals surface area contributed by atoms with E-state index in [0.29, 0.717) is 30.2 Å². The molecule has 1 saturated heterocycles. The Hall–Kier alpha value is -1.63. The van der Waals surface area contributed by atoms with Gasteiger partial charge >= 0.3 is 6.09 Å². The standard InChI is InChI=1S/C15H22BrN3O3/c1-15(2,3)22-14(20)19-5-4-9(8-19)21-13-7-12(18)11(17)6-10(13)16/h6-7,9H,4-5,8,17-18H2,1-3H3. The summed E-state index contributed by atoms with van der Waals surface area (Å²) in [4.78, 5) is 13.7. The third-order valence-electron chi connectivity index (χ3n) is 3.23. The van der Waals surface area contributed by atoms with E-state index in [4.69, 9.17) is 20.9 Å². The van der Waals surface area contributed by atoms with Crippen molar-refractivity contribution < 1.29 is 14.3 Å². The molecule has 0 aromatic heterocycles. The van der Waals surface area contributed by atoms with Gasteiger partial charge in [-0.2, -0.15) is 0 Å². The zero-order valence-corrected chi connectivity index (χ0v) is 14.6. The van der Waals surface area contributed by atoms with Crippen molar-refractivity contribution in [2.75, 3.05) is 24.6 Å². The fraction of sp³-hybridized carbons (Fsp3) is 0.533. The van der Waals surface area contributed by atoms with Crippen molar-refractivity contribution in [2.45, 2.75) is 38.9 Å². The minimum absolute atomic E-state index is 0.0909. The first-order chi connectivity index (χ1) is 10.2. The average molecular weight is 372 g/mol. The van der Waals surface area contributed by atoms with E-state index in [1.165, 1.54) is 0 Å². The molecule has 1 unspecified atom stereocenters. The summed E-state index contributed by atoms with van der Waals surface area (Å²) >= 11 is 3.41. The second-order valence-electron chi connectivity index (χ2n) is 6.37. The summed E-state index contributed by atoms with van der Waals surface area (Å²) in [5.41, 5.74) is 12.0. The first-order valence-electron chi connectivity index (χ1n) is 7.15. The molecule has 1 aliphatic rings. The quantitative estimate of drug-likeness (QED) is 0.779. The van der Waals surface area contributed by atoms with Crippen LogP contribution in [0, 0.1) is 0 Å². The van der Waals surface area contributed by atoms with Gasteiger partial charge in [-0.05, 0) is 42.8 Å². The van der Waals surface area contributed by atoms with Gasteiger partial charge in [0.25, 0.3) is 0 Å². The second kappa shape index (κ2) is 6.24. The van der Waals surface area contributed by atoms with Crippen molar-refractivity contribution in [1.29, 1.82) is 0 Å². The summed E-state index contributed by atoms with van der Waals surface area (Å²) < 4.78 is 12.0. The Morgan fingerprint density at radius 3 is 2.59 bits per heavy atom. The molecule has 1 fully saturated rings. The predicted molar refractivity (Wildman–Crippen MR) is 89.8 cm³/mol. The lowest BCUT2D eigenvalue weighted by Gasteiger charge is -2.24. The second-order valence-corrected chi connectivity index (χ2v) is 7.22. The van der Waals surface area contributed by atoms with E-state index in [-0.39, 0.29) is 12.2 Å². The number of amides is 1. The highest BCUT2D eigenvalue weighted by Gasteiger charge is 2.31. The molecule has 1 heterocycles. The molecule has 1 aliphatic heterocycles. The molecular weight excluding hydrogens is 350 g/mol. The lowest BCUT2D eigenvalue weighted by molar-refractivity contribution is 0.0275. The number of benzene rings is 1. The molecule has 1 amide bonds. The topological polar surface area (TPSA) is 90.8 Å². The van der Waals surface area contributed by atoms with E-state index in [2.05, 4.69) is 15.9 Å². The van der Waals surface area contributed by atoms with E-state index in [1.54, 1.807) is 17.0 Å². The number of anilines is 2. The summed E-state index contributed by atoms with van der Waals surface area (Å²) in [7, 11) is 0. The van der Waals surface area contributed by atoms with E-state index < -0.39 is 5.60 Å². The van der Waals surface area contributed by atoms with Gasteiger partial charge in [-0.1, -0.05) is 0 Å². The van der Waals surface area contributed by atoms with Crippen LogP contribution < -0.4 is 16.2 Å². The van der Waals surface area contributed by atoms with Gasteiger partial charge in [0.05, 0.1) is 22.4 Å². The summed E-state index contributed by atoms with van der Waals surface area (Å²) in [6.45, 7) is 6.66. The number of carbonyl (C=O) groups is 1. The largest absolute Gasteiger partial charge is 0.487 e. The van der Waals surface area contributed by atoms with E-state index in [1.807, 2.05) is 20.8 Å². The van der Waals surface area contributed by atoms with Crippen LogP contribution >= 0.6 is 15.9 Å². The van der Waals surface area contributed by atoms with Gasteiger partial charge in [-0.25, -0.2) is 4.79 Å². The Labute approximate surface area is 138 Å². The maximum Gasteiger partial charge on any atom is 0.410 e. The summed E-state index contributed by atoms with van der Waals surface area (Å²) in [5.74, 6) is 0.628. The number of nitrogen functional groups attached to an aromatic ring is 2. The minimum Gasteiger partial charge on any atom is -0.487 e. The van der Waals surface area contributed by atoms with E-state index in [0.717, 1.165) is 10.9 Å². The first-order valence-corrected chi connectivity index (χ1v) is 7.94. The van der Waals surface area contributed by atoms with Gasteiger partial charge in [0.2, 0.25) is 0 Å². The van der Waals surface area contributed by atoms with Gasteiger partial charge in [0, 0.05) is 19.0 Å². The Balaban J connectivity index is 1.97. The van der Waals surface area contributed by atoms with Crippen LogP contribution in [-0.2, 0) is 4.74 Å². The van der Waals surface area contributed by atoms with Crippen molar-refractivity contribution in [3.8, 4) is 5.75 Å². The summed E-state index contributed by atoms with van der Waals surface area (Å²) in [6, 6.07) is 3.40. The van der Waals surface area contributed by atoms with Crippen LogP contribution in [0.15, 0.2) is 16.6 Å². The monoisotopic (exact) mass is 371 g/mol. The number of carbonyl (C=O) groups excluding carboxylic acids is 1. The molecule has 1 aromatic carbocycles. The molecule has 22 heavy (non-hydrogen) atoms. The molecule has 0 saturated carbocycles. The highest BCUT2D eigenvalue weighted by Crippen LogP contribution is 2.33. The summed E-state index contributed by atoms with van der Waals surface area (Å²) in [6.07, 6.45) is 0.344. The van der Waals surface area contributed by atoms with Crippen LogP contribution in [0.25, 0.3) is 0 Å². The number of rotatable bonds is 2. The van der Waals surface area contributed by atoms with E-state index in [9.17, 15) is 4.79 Å². The van der Waals surface area contributed by atoms with Crippen molar-refractivity contribution in [2.24, 2.45) is 0 Å². The zero-order chi connectivity index (χ0) is 16.5. The molecule has 122 valence electrons. The number of hydrogen-bond donors (Lipinski definition) is 2. The van der Waals surface area contributed by atoms with Gasteiger partial charge < -0.3 is 25.8 Å². The van der Waals surface area contributed by atoms with Crippen molar-refractivity contribution in [3.63, 3.8) is 0 Å². The van der Waals surface area contributed by atoms with Gasteiger partial charge in [-0.3, -0.25) is 0 Å². The van der Waals surface area contributed by atoms with Crippen LogP contribution in [0.1, 0.15) is 27.2 Å². The van der Waals surface area contributed by atoms with Gasteiger partial charge in [0.1, 0.15) is 17.5 Å². The van der Waals surface area contributed by atoms with Crippen LogP contribution in [0.3, 0.4) is 0 Å². The van der Waals surface area contributed by atoms with Crippen molar-refractivity contribution in [3.05, 3.63) is 16.6 Å². The Morgan fingerprint density at radius 2 is 1.95 bits per heavy atom. The molecule has 0 bridgehead atoms. The van der Waals surface area contributed by atoms with Crippen LogP contribution in [0.4, 0.5) is 16.2 Å². The van der Waals surface area contributed by atoms with Gasteiger partial charge in [0.15, 0.2) is 0 Å². The van der Waals surface area contributed by atoms with Gasteiger partial charge in [-0.15, -0.1) is 0 Å². The molecule has 6 nitrogen and oxygen atoms in total. The van der Waals surface area contributed by atoms with Crippen LogP contribution in [-0.4, -0.2) is 35.8 Å².